The van der Waals surface area contributed by atoms with Crippen molar-refractivity contribution in [1.29, 1.82) is 0 Å². The van der Waals surface area contributed by atoms with Crippen molar-refractivity contribution in [2.24, 2.45) is 0 Å². The van der Waals surface area contributed by atoms with Crippen molar-refractivity contribution in [3.05, 3.63) is 72.0 Å². The Morgan fingerprint density at radius 3 is 2.79 bits per heavy atom. The van der Waals surface area contributed by atoms with Crippen LogP contribution in [-0.2, 0) is 0 Å². The summed E-state index contributed by atoms with van der Waals surface area (Å²) in [5, 5.41) is 4.03. The smallest absolute Gasteiger partial charge is 0.280 e. The van der Waals surface area contributed by atoms with Gasteiger partial charge in [0, 0.05) is 48.9 Å². The maximum absolute atomic E-state index is 13.5. The van der Waals surface area contributed by atoms with Gasteiger partial charge in [0.15, 0.2) is 5.65 Å². The van der Waals surface area contributed by atoms with Crippen LogP contribution in [0, 0.1) is 6.92 Å². The summed E-state index contributed by atoms with van der Waals surface area (Å²) in [6, 6.07) is 5.09. The van der Waals surface area contributed by atoms with Crippen LogP contribution in [0.5, 0.6) is 0 Å². The van der Waals surface area contributed by atoms with Crippen LogP contribution in [0.15, 0.2) is 49.3 Å². The predicted octanol–water partition coefficient (Wildman–Crippen LogP) is 3.85. The summed E-state index contributed by atoms with van der Waals surface area (Å²) in [6.07, 6.45) is 7.01. The molecular formula is C23H21F2N7O. The quantitative estimate of drug-likeness (QED) is 0.470. The summed E-state index contributed by atoms with van der Waals surface area (Å²) >= 11 is 0. The van der Waals surface area contributed by atoms with Crippen LogP contribution in [0.1, 0.15) is 52.6 Å². The lowest BCUT2D eigenvalue weighted by molar-refractivity contribution is 0.0707. The molecule has 1 amide bonds. The molecule has 168 valence electrons. The van der Waals surface area contributed by atoms with Crippen LogP contribution < -0.4 is 0 Å². The third-order valence-corrected chi connectivity index (χ3v) is 5.91. The fraction of sp³-hybridized carbons (Fsp3) is 0.304. The number of piperidine rings is 1. The largest absolute Gasteiger partial charge is 0.338 e. The number of nitrogens with zero attached hydrogens (tertiary/aromatic N) is 7. The molecule has 0 aromatic carbocycles. The van der Waals surface area contributed by atoms with Crippen molar-refractivity contribution in [1.82, 2.24) is 34.4 Å². The highest BCUT2D eigenvalue weighted by atomic mass is 19.3. The van der Waals surface area contributed by atoms with E-state index in [4.69, 9.17) is 0 Å². The Hall–Kier alpha value is -3.82. The average Bonchev–Trinajstić information content (AvgIpc) is 3.27. The maximum Gasteiger partial charge on any atom is 0.280 e. The molecule has 0 spiro atoms. The van der Waals surface area contributed by atoms with Gasteiger partial charge in [-0.1, -0.05) is 0 Å². The number of hydrogen-bond donors (Lipinski definition) is 0. The van der Waals surface area contributed by atoms with E-state index in [1.807, 2.05) is 12.1 Å². The third-order valence-electron chi connectivity index (χ3n) is 5.91. The van der Waals surface area contributed by atoms with Crippen molar-refractivity contribution in [2.45, 2.75) is 32.1 Å². The maximum atomic E-state index is 13.5. The van der Waals surface area contributed by atoms with E-state index >= 15 is 0 Å². The number of carbonyl (C=O) groups is 1. The lowest BCUT2D eigenvalue weighted by Crippen LogP contribution is -2.39. The topological polar surface area (TPSA) is 89.2 Å². The van der Waals surface area contributed by atoms with Gasteiger partial charge in [0.2, 0.25) is 0 Å². The number of amides is 1. The van der Waals surface area contributed by atoms with E-state index < -0.39 is 6.43 Å². The molecular weight excluding hydrogens is 428 g/mol. The average molecular weight is 449 g/mol. The number of alkyl halides is 2. The molecule has 4 aromatic heterocycles. The first-order chi connectivity index (χ1) is 16.0. The fourth-order valence-corrected chi connectivity index (χ4v) is 4.39. The molecule has 0 N–H and O–H groups in total. The van der Waals surface area contributed by atoms with Crippen LogP contribution in [0.25, 0.3) is 16.8 Å². The number of aromatic nitrogens is 6. The molecule has 33 heavy (non-hydrogen) atoms. The van der Waals surface area contributed by atoms with E-state index in [1.54, 1.807) is 30.4 Å². The van der Waals surface area contributed by atoms with Gasteiger partial charge >= 0.3 is 0 Å². The first-order valence-electron chi connectivity index (χ1n) is 10.7. The summed E-state index contributed by atoms with van der Waals surface area (Å²) in [6.45, 7) is 2.65. The second kappa shape index (κ2) is 8.61. The Morgan fingerprint density at radius 1 is 1.18 bits per heavy atom. The molecule has 0 radical (unpaired) electrons. The van der Waals surface area contributed by atoms with E-state index in [-0.39, 0.29) is 28.7 Å². The first-order valence-corrected chi connectivity index (χ1v) is 10.7. The van der Waals surface area contributed by atoms with Crippen LogP contribution in [0.2, 0.25) is 0 Å². The van der Waals surface area contributed by atoms with Gasteiger partial charge in [-0.15, -0.1) is 0 Å². The zero-order valence-electron chi connectivity index (χ0n) is 17.9. The molecule has 5 rings (SSSR count). The summed E-state index contributed by atoms with van der Waals surface area (Å²) < 4.78 is 28.0. The number of pyridine rings is 1. The fourth-order valence-electron chi connectivity index (χ4n) is 4.39. The van der Waals surface area contributed by atoms with E-state index in [2.05, 4.69) is 25.0 Å². The van der Waals surface area contributed by atoms with Crippen LogP contribution >= 0.6 is 0 Å². The van der Waals surface area contributed by atoms with Crippen molar-refractivity contribution in [2.75, 3.05) is 13.1 Å². The Balaban J connectivity index is 1.46. The molecule has 0 unspecified atom stereocenters. The van der Waals surface area contributed by atoms with Gasteiger partial charge in [-0.05, 0) is 43.5 Å². The minimum atomic E-state index is -2.72. The minimum absolute atomic E-state index is 0.0158. The number of halogens is 2. The Kier molecular flexibility index (Phi) is 5.49. The highest BCUT2D eigenvalue weighted by Gasteiger charge is 2.30. The van der Waals surface area contributed by atoms with Crippen molar-refractivity contribution < 1.29 is 13.6 Å². The highest BCUT2D eigenvalue weighted by Crippen LogP contribution is 2.33. The van der Waals surface area contributed by atoms with Crippen LogP contribution in [0.4, 0.5) is 8.78 Å². The van der Waals surface area contributed by atoms with E-state index in [0.717, 1.165) is 34.2 Å². The molecule has 1 aliphatic rings. The summed E-state index contributed by atoms with van der Waals surface area (Å²) in [7, 11) is 0. The molecule has 1 saturated heterocycles. The normalized spacial score (nSPS) is 16.5. The highest BCUT2D eigenvalue weighted by molar-refractivity contribution is 5.99. The summed E-state index contributed by atoms with van der Waals surface area (Å²) in [5.41, 5.74) is 3.25. The number of carbonyl (C=O) groups excluding carboxylic acids is 1. The third kappa shape index (κ3) is 3.92. The van der Waals surface area contributed by atoms with Crippen molar-refractivity contribution in [3.63, 3.8) is 0 Å². The van der Waals surface area contributed by atoms with Gasteiger partial charge < -0.3 is 4.90 Å². The number of aryl methyl sites for hydroxylation is 1. The second-order valence-electron chi connectivity index (χ2n) is 8.06. The Labute approximate surface area is 188 Å². The number of likely N-dealkylation sites (tertiary alicyclic amines) is 1. The van der Waals surface area contributed by atoms with Gasteiger partial charge in [-0.3, -0.25) is 9.78 Å². The van der Waals surface area contributed by atoms with Crippen molar-refractivity contribution in [3.8, 4) is 11.1 Å². The molecule has 10 heteroatoms. The molecule has 4 aromatic rings. The molecule has 5 heterocycles. The summed E-state index contributed by atoms with van der Waals surface area (Å²) in [4.78, 5) is 32.3. The monoisotopic (exact) mass is 449 g/mol. The predicted molar refractivity (Wildman–Crippen MR) is 116 cm³/mol. The van der Waals surface area contributed by atoms with Crippen LogP contribution in [-0.4, -0.2) is 53.4 Å². The van der Waals surface area contributed by atoms with E-state index in [0.29, 0.717) is 18.8 Å². The van der Waals surface area contributed by atoms with Gasteiger partial charge in [0.05, 0.1) is 11.9 Å². The molecule has 1 fully saturated rings. The lowest BCUT2D eigenvalue weighted by Gasteiger charge is -2.33. The number of rotatable bonds is 4. The Bertz CT molecular complexity index is 1310. The zero-order valence-corrected chi connectivity index (χ0v) is 17.9. The lowest BCUT2D eigenvalue weighted by atomic mass is 9.90. The van der Waals surface area contributed by atoms with Gasteiger partial charge in [0.25, 0.3) is 12.3 Å². The first kappa shape index (κ1) is 21.0. The Morgan fingerprint density at radius 2 is 2.00 bits per heavy atom. The molecule has 0 aliphatic carbocycles. The molecule has 1 atom stereocenters. The standard InChI is InChI=1S/C23H21F2N7O/c1-14-9-19(21(24)25)32-22(30-14)18(11-29-32)23(33)31-8-2-3-16(12-31)20-17(10-27-13-28-20)15-4-6-26-7-5-15/h4-7,9-11,13,16,21H,2-3,8,12H2,1H3/t16-/m1/s1. The molecule has 1 aliphatic heterocycles. The SMILES string of the molecule is Cc1cc(C(F)F)n2ncc(C(=O)N3CCC[C@@H](c4ncncc4-c4ccncc4)C3)c2n1. The molecule has 0 bridgehead atoms. The number of hydrogen-bond acceptors (Lipinski definition) is 6. The van der Waals surface area contributed by atoms with Gasteiger partial charge in [-0.2, -0.15) is 5.10 Å². The summed E-state index contributed by atoms with van der Waals surface area (Å²) in [5.74, 6) is -0.255. The zero-order chi connectivity index (χ0) is 22.9. The van der Waals surface area contributed by atoms with Gasteiger partial charge in [0.1, 0.15) is 17.6 Å². The van der Waals surface area contributed by atoms with Gasteiger partial charge in [-0.25, -0.2) is 28.2 Å². The number of fused-ring (bicyclic) bond motifs is 1. The molecule has 0 saturated carbocycles. The van der Waals surface area contributed by atoms with Crippen molar-refractivity contribution >= 4 is 11.6 Å². The van der Waals surface area contributed by atoms with Crippen LogP contribution in [0.3, 0.4) is 0 Å². The van der Waals surface area contributed by atoms with E-state index in [1.165, 1.54) is 18.6 Å². The minimum Gasteiger partial charge on any atom is -0.338 e. The van der Waals surface area contributed by atoms with E-state index in [9.17, 15) is 13.6 Å². The second-order valence-corrected chi connectivity index (χ2v) is 8.06. The molecule has 8 nitrogen and oxygen atoms in total.